The van der Waals surface area contributed by atoms with E-state index in [0.717, 1.165) is 6.54 Å². The third-order valence-electron chi connectivity index (χ3n) is 2.55. The summed E-state index contributed by atoms with van der Waals surface area (Å²) in [6.45, 7) is 4.65. The van der Waals surface area contributed by atoms with Crippen LogP contribution in [0.25, 0.3) is 0 Å². The summed E-state index contributed by atoms with van der Waals surface area (Å²) in [7, 11) is 0. The zero-order chi connectivity index (χ0) is 14.4. The molecule has 0 saturated heterocycles. The molecule has 0 fully saturated rings. The summed E-state index contributed by atoms with van der Waals surface area (Å²) in [5.41, 5.74) is 0.363. The second kappa shape index (κ2) is 7.25. The van der Waals surface area contributed by atoms with Gasteiger partial charge in [0.25, 0.3) is 0 Å². The van der Waals surface area contributed by atoms with Crippen LogP contribution >= 0.6 is 15.9 Å². The quantitative estimate of drug-likeness (QED) is 0.749. The van der Waals surface area contributed by atoms with Crippen LogP contribution in [0.15, 0.2) is 22.7 Å². The van der Waals surface area contributed by atoms with E-state index in [1.165, 1.54) is 6.07 Å². The van der Waals surface area contributed by atoms with Crippen molar-refractivity contribution >= 4 is 33.5 Å². The Bertz CT molecular complexity index is 477. The number of benzene rings is 1. The van der Waals surface area contributed by atoms with Gasteiger partial charge in [0.15, 0.2) is 0 Å². The Morgan fingerprint density at radius 1 is 1.42 bits per heavy atom. The maximum absolute atomic E-state index is 11.9. The first-order chi connectivity index (χ1) is 8.95. The highest BCUT2D eigenvalue weighted by molar-refractivity contribution is 9.10. The van der Waals surface area contributed by atoms with Gasteiger partial charge in [0.1, 0.15) is 0 Å². The van der Waals surface area contributed by atoms with Crippen LogP contribution < -0.4 is 10.6 Å². The molecule has 1 aromatic rings. The maximum Gasteiger partial charge on any atom is 0.337 e. The lowest BCUT2D eigenvalue weighted by molar-refractivity contribution is -0.116. The van der Waals surface area contributed by atoms with Gasteiger partial charge in [-0.15, -0.1) is 0 Å². The molecule has 104 valence electrons. The van der Waals surface area contributed by atoms with Gasteiger partial charge in [-0.1, -0.05) is 13.0 Å². The third-order valence-corrected chi connectivity index (χ3v) is 3.21. The topological polar surface area (TPSA) is 78.4 Å². The summed E-state index contributed by atoms with van der Waals surface area (Å²) in [5, 5.41) is 14.9. The number of carbonyl (C=O) groups excluding carboxylic acids is 1. The first kappa shape index (κ1) is 15.7. The molecule has 19 heavy (non-hydrogen) atoms. The number of carboxylic acids is 1. The molecule has 0 aliphatic heterocycles. The average Bonchev–Trinajstić information content (AvgIpc) is 2.31. The van der Waals surface area contributed by atoms with Gasteiger partial charge in [-0.05, 0) is 41.5 Å². The minimum atomic E-state index is -1.07. The predicted octanol–water partition coefficient (Wildman–Crippen LogP) is 2.47. The summed E-state index contributed by atoms with van der Waals surface area (Å²) in [6, 6.07) is 4.80. The number of hydrogen-bond acceptors (Lipinski definition) is 3. The van der Waals surface area contributed by atoms with Gasteiger partial charge in [0, 0.05) is 16.9 Å². The van der Waals surface area contributed by atoms with Gasteiger partial charge in [-0.2, -0.15) is 0 Å². The third kappa shape index (κ3) is 4.65. The fourth-order valence-electron chi connectivity index (χ4n) is 1.72. The minimum absolute atomic E-state index is 0.0424. The second-order valence-electron chi connectivity index (χ2n) is 4.18. The molecule has 1 aromatic carbocycles. The summed E-state index contributed by atoms with van der Waals surface area (Å²) in [6.07, 6.45) is 0.286. The highest BCUT2D eigenvalue weighted by Gasteiger charge is 2.16. The molecule has 5 nitrogen and oxygen atoms in total. The van der Waals surface area contributed by atoms with Gasteiger partial charge in [-0.25, -0.2) is 4.79 Å². The van der Waals surface area contributed by atoms with E-state index in [-0.39, 0.29) is 23.9 Å². The van der Waals surface area contributed by atoms with E-state index < -0.39 is 5.97 Å². The van der Waals surface area contributed by atoms with Gasteiger partial charge in [0.05, 0.1) is 11.3 Å². The van der Waals surface area contributed by atoms with Crippen molar-refractivity contribution in [1.29, 1.82) is 0 Å². The van der Waals surface area contributed by atoms with Crippen molar-refractivity contribution in [3.8, 4) is 0 Å². The fraction of sp³-hybridized carbons (Fsp3) is 0.385. The lowest BCUT2D eigenvalue weighted by Gasteiger charge is -2.14. The van der Waals surface area contributed by atoms with E-state index in [0.29, 0.717) is 10.2 Å². The normalized spacial score (nSPS) is 11.9. The number of amides is 1. The maximum atomic E-state index is 11.9. The van der Waals surface area contributed by atoms with Crippen molar-refractivity contribution in [1.82, 2.24) is 5.32 Å². The van der Waals surface area contributed by atoms with E-state index in [2.05, 4.69) is 26.6 Å². The molecule has 0 saturated carbocycles. The number of para-hydroxylation sites is 1. The number of anilines is 1. The van der Waals surface area contributed by atoms with Crippen LogP contribution in [-0.2, 0) is 4.79 Å². The van der Waals surface area contributed by atoms with E-state index in [4.69, 9.17) is 5.11 Å². The second-order valence-corrected chi connectivity index (χ2v) is 5.03. The molecule has 0 aliphatic carbocycles. The largest absolute Gasteiger partial charge is 0.478 e. The number of rotatable bonds is 6. The van der Waals surface area contributed by atoms with Crippen molar-refractivity contribution in [2.45, 2.75) is 26.3 Å². The van der Waals surface area contributed by atoms with Crippen molar-refractivity contribution in [2.75, 3.05) is 11.9 Å². The van der Waals surface area contributed by atoms with Crippen molar-refractivity contribution < 1.29 is 14.7 Å². The molecule has 1 rings (SSSR count). The average molecular weight is 329 g/mol. The van der Waals surface area contributed by atoms with Crippen molar-refractivity contribution in [2.24, 2.45) is 0 Å². The van der Waals surface area contributed by atoms with Crippen molar-refractivity contribution in [3.63, 3.8) is 0 Å². The standard InChI is InChI=1S/C13H17BrN2O3/c1-3-15-8(2)7-11(17)16-12-9(13(18)19)5-4-6-10(12)14/h4-6,8,15H,3,7H2,1-2H3,(H,16,17)(H,18,19). The molecule has 0 spiro atoms. The summed E-state index contributed by atoms with van der Waals surface area (Å²) in [4.78, 5) is 23.0. The van der Waals surface area contributed by atoms with Crippen LogP contribution in [-0.4, -0.2) is 29.6 Å². The lowest BCUT2D eigenvalue weighted by atomic mass is 10.1. The summed E-state index contributed by atoms with van der Waals surface area (Å²) < 4.78 is 0.553. The van der Waals surface area contributed by atoms with Gasteiger partial charge < -0.3 is 15.7 Å². The molecule has 0 aliphatic rings. The molecular formula is C13H17BrN2O3. The van der Waals surface area contributed by atoms with Crippen LogP contribution in [0.5, 0.6) is 0 Å². The molecule has 3 N–H and O–H groups in total. The lowest BCUT2D eigenvalue weighted by Crippen LogP contribution is -2.30. The summed E-state index contributed by atoms with van der Waals surface area (Å²) in [5.74, 6) is -1.29. The molecule has 1 amide bonds. The Labute approximate surface area is 120 Å². The number of nitrogens with one attached hydrogen (secondary N) is 2. The minimum Gasteiger partial charge on any atom is -0.478 e. The van der Waals surface area contributed by atoms with E-state index >= 15 is 0 Å². The van der Waals surface area contributed by atoms with E-state index in [1.807, 2.05) is 13.8 Å². The SMILES string of the molecule is CCNC(C)CC(=O)Nc1c(Br)cccc1C(=O)O. The zero-order valence-electron chi connectivity index (χ0n) is 10.9. The smallest absolute Gasteiger partial charge is 0.337 e. The molecule has 0 aromatic heterocycles. The predicted molar refractivity (Wildman–Crippen MR) is 77.5 cm³/mol. The molecule has 0 radical (unpaired) electrons. The highest BCUT2D eigenvalue weighted by Crippen LogP contribution is 2.26. The molecule has 1 atom stereocenters. The summed E-state index contributed by atoms with van der Waals surface area (Å²) >= 11 is 3.25. The van der Waals surface area contributed by atoms with Crippen LogP contribution in [0.1, 0.15) is 30.6 Å². The van der Waals surface area contributed by atoms with Crippen LogP contribution in [0.2, 0.25) is 0 Å². The molecular weight excluding hydrogens is 312 g/mol. The number of halogens is 1. The van der Waals surface area contributed by atoms with E-state index in [1.54, 1.807) is 12.1 Å². The van der Waals surface area contributed by atoms with Crippen LogP contribution in [0.3, 0.4) is 0 Å². The van der Waals surface area contributed by atoms with Crippen LogP contribution in [0, 0.1) is 0 Å². The Morgan fingerprint density at radius 2 is 2.11 bits per heavy atom. The Balaban J connectivity index is 2.82. The number of carbonyl (C=O) groups is 2. The highest BCUT2D eigenvalue weighted by atomic mass is 79.9. The number of hydrogen-bond donors (Lipinski definition) is 3. The van der Waals surface area contributed by atoms with Gasteiger partial charge in [0.2, 0.25) is 5.91 Å². The fourth-order valence-corrected chi connectivity index (χ4v) is 2.18. The van der Waals surface area contributed by atoms with Gasteiger partial charge in [-0.3, -0.25) is 4.79 Å². The number of aromatic carboxylic acids is 1. The molecule has 0 bridgehead atoms. The van der Waals surface area contributed by atoms with E-state index in [9.17, 15) is 9.59 Å². The first-order valence-electron chi connectivity index (χ1n) is 6.00. The monoisotopic (exact) mass is 328 g/mol. The molecule has 6 heteroatoms. The first-order valence-corrected chi connectivity index (χ1v) is 6.80. The zero-order valence-corrected chi connectivity index (χ0v) is 12.5. The number of carboxylic acid groups (broad SMARTS) is 1. The van der Waals surface area contributed by atoms with Crippen LogP contribution in [0.4, 0.5) is 5.69 Å². The molecule has 0 heterocycles. The van der Waals surface area contributed by atoms with Gasteiger partial charge >= 0.3 is 5.97 Å². The molecule has 1 unspecified atom stereocenters. The Hall–Kier alpha value is -1.40. The Kier molecular flexibility index (Phi) is 5.98. The van der Waals surface area contributed by atoms with Crippen molar-refractivity contribution in [3.05, 3.63) is 28.2 Å². The Morgan fingerprint density at radius 3 is 2.68 bits per heavy atom.